The van der Waals surface area contributed by atoms with Crippen molar-refractivity contribution >= 4 is 44.2 Å². The molecule has 0 spiro atoms. The Morgan fingerprint density at radius 3 is 2.47 bits per heavy atom. The number of carbonyl (C=O) groups excluding carboxylic acids is 2. The highest BCUT2D eigenvalue weighted by Crippen LogP contribution is 2.34. The molecule has 1 aliphatic rings. The molecule has 1 unspecified atom stereocenters. The van der Waals surface area contributed by atoms with Crippen molar-refractivity contribution in [3.05, 3.63) is 90.0 Å². The van der Waals surface area contributed by atoms with E-state index < -0.39 is 5.92 Å². The molecule has 2 heterocycles. The molecule has 32 heavy (non-hydrogen) atoms. The van der Waals surface area contributed by atoms with Crippen molar-refractivity contribution in [1.82, 2.24) is 4.98 Å². The van der Waals surface area contributed by atoms with Gasteiger partial charge < -0.3 is 4.90 Å². The van der Waals surface area contributed by atoms with Gasteiger partial charge in [0.25, 0.3) is 0 Å². The first kappa shape index (κ1) is 20.4. The van der Waals surface area contributed by atoms with E-state index in [0.717, 1.165) is 27.0 Å². The van der Waals surface area contributed by atoms with E-state index in [1.54, 1.807) is 9.80 Å². The first-order valence-electron chi connectivity index (χ1n) is 10.7. The average Bonchev–Trinajstić information content (AvgIpc) is 3.43. The lowest BCUT2D eigenvalue weighted by molar-refractivity contribution is -0.124. The van der Waals surface area contributed by atoms with E-state index >= 15 is 0 Å². The van der Waals surface area contributed by atoms with Gasteiger partial charge in [-0.15, -0.1) is 0 Å². The van der Waals surface area contributed by atoms with Gasteiger partial charge in [0.05, 0.1) is 22.7 Å². The Hall–Kier alpha value is -3.51. The average molecular weight is 442 g/mol. The Morgan fingerprint density at radius 2 is 1.75 bits per heavy atom. The number of aryl methyl sites for hydroxylation is 1. The number of benzene rings is 3. The summed E-state index contributed by atoms with van der Waals surface area (Å²) in [5.74, 6) is -0.480. The molecule has 3 aromatic carbocycles. The van der Waals surface area contributed by atoms with Crippen LogP contribution in [-0.4, -0.2) is 23.3 Å². The SMILES string of the molecule is Cc1cccc2sc(N(Cc3ccccc3)C(=O)C3CC(=O)N(c4ccccc4)C3)nc12. The molecular weight excluding hydrogens is 418 g/mol. The van der Waals surface area contributed by atoms with Crippen molar-refractivity contribution in [2.75, 3.05) is 16.3 Å². The van der Waals surface area contributed by atoms with Crippen LogP contribution in [0.3, 0.4) is 0 Å². The molecule has 5 nitrogen and oxygen atoms in total. The van der Waals surface area contributed by atoms with Crippen LogP contribution in [0.2, 0.25) is 0 Å². The quantitative estimate of drug-likeness (QED) is 0.428. The van der Waals surface area contributed by atoms with E-state index in [0.29, 0.717) is 18.2 Å². The molecule has 1 atom stereocenters. The minimum atomic E-state index is -0.403. The van der Waals surface area contributed by atoms with Crippen LogP contribution in [0.5, 0.6) is 0 Å². The van der Waals surface area contributed by atoms with Gasteiger partial charge in [0.15, 0.2) is 5.13 Å². The Morgan fingerprint density at radius 1 is 1.03 bits per heavy atom. The number of nitrogens with zero attached hydrogens (tertiary/aromatic N) is 3. The highest BCUT2D eigenvalue weighted by atomic mass is 32.1. The number of hydrogen-bond donors (Lipinski definition) is 0. The number of para-hydroxylation sites is 2. The first-order valence-corrected chi connectivity index (χ1v) is 11.5. The minimum Gasteiger partial charge on any atom is -0.312 e. The van der Waals surface area contributed by atoms with Gasteiger partial charge >= 0.3 is 0 Å². The maximum atomic E-state index is 13.7. The highest BCUT2D eigenvalue weighted by molar-refractivity contribution is 7.22. The van der Waals surface area contributed by atoms with Crippen LogP contribution >= 0.6 is 11.3 Å². The van der Waals surface area contributed by atoms with Crippen molar-refractivity contribution in [3.8, 4) is 0 Å². The Labute approximate surface area is 190 Å². The van der Waals surface area contributed by atoms with Gasteiger partial charge in [-0.05, 0) is 36.2 Å². The maximum Gasteiger partial charge on any atom is 0.234 e. The van der Waals surface area contributed by atoms with Crippen LogP contribution in [-0.2, 0) is 16.1 Å². The smallest absolute Gasteiger partial charge is 0.234 e. The second-order valence-corrected chi connectivity index (χ2v) is 9.08. The zero-order valence-electron chi connectivity index (χ0n) is 17.8. The molecule has 0 radical (unpaired) electrons. The monoisotopic (exact) mass is 441 g/mol. The van der Waals surface area contributed by atoms with Gasteiger partial charge in [-0.1, -0.05) is 72.0 Å². The zero-order chi connectivity index (χ0) is 22.1. The van der Waals surface area contributed by atoms with E-state index in [-0.39, 0.29) is 18.2 Å². The molecular formula is C26H23N3O2S. The van der Waals surface area contributed by atoms with Crippen LogP contribution < -0.4 is 9.80 Å². The number of thiazole rings is 1. The summed E-state index contributed by atoms with van der Waals surface area (Å²) < 4.78 is 1.05. The number of hydrogen-bond acceptors (Lipinski definition) is 4. The van der Waals surface area contributed by atoms with Gasteiger partial charge in [0.2, 0.25) is 11.8 Å². The topological polar surface area (TPSA) is 53.5 Å². The zero-order valence-corrected chi connectivity index (χ0v) is 18.6. The van der Waals surface area contributed by atoms with Crippen molar-refractivity contribution in [1.29, 1.82) is 0 Å². The van der Waals surface area contributed by atoms with Crippen LogP contribution in [0.4, 0.5) is 10.8 Å². The molecule has 0 N–H and O–H groups in total. The van der Waals surface area contributed by atoms with Crippen molar-refractivity contribution in [2.45, 2.75) is 19.9 Å². The number of carbonyl (C=O) groups is 2. The largest absolute Gasteiger partial charge is 0.312 e. The summed E-state index contributed by atoms with van der Waals surface area (Å²) in [5, 5.41) is 0.675. The number of amides is 2. The Kier molecular flexibility index (Phi) is 5.45. The third-order valence-electron chi connectivity index (χ3n) is 5.83. The summed E-state index contributed by atoms with van der Waals surface area (Å²) in [4.78, 5) is 34.8. The fourth-order valence-corrected chi connectivity index (χ4v) is 5.19. The van der Waals surface area contributed by atoms with Crippen LogP contribution in [0.25, 0.3) is 10.2 Å². The molecule has 6 heteroatoms. The summed E-state index contributed by atoms with van der Waals surface area (Å²) in [7, 11) is 0. The van der Waals surface area contributed by atoms with Crippen LogP contribution in [0.1, 0.15) is 17.5 Å². The predicted molar refractivity (Wildman–Crippen MR) is 129 cm³/mol. The van der Waals surface area contributed by atoms with E-state index in [2.05, 4.69) is 0 Å². The lowest BCUT2D eigenvalue weighted by atomic mass is 10.1. The molecule has 2 amide bonds. The summed E-state index contributed by atoms with van der Waals surface area (Å²) >= 11 is 1.52. The predicted octanol–water partition coefficient (Wildman–Crippen LogP) is 5.19. The molecule has 4 aromatic rings. The van der Waals surface area contributed by atoms with Crippen LogP contribution in [0, 0.1) is 12.8 Å². The van der Waals surface area contributed by atoms with E-state index in [9.17, 15) is 9.59 Å². The maximum absolute atomic E-state index is 13.7. The summed E-state index contributed by atoms with van der Waals surface area (Å²) in [6.45, 7) is 2.84. The molecule has 0 aliphatic carbocycles. The molecule has 5 rings (SSSR count). The molecule has 160 valence electrons. The molecule has 1 aromatic heterocycles. The van der Waals surface area contributed by atoms with Gasteiger partial charge in [-0.2, -0.15) is 0 Å². The van der Waals surface area contributed by atoms with Crippen LogP contribution in [0.15, 0.2) is 78.9 Å². The van der Waals surface area contributed by atoms with Gasteiger partial charge in [0.1, 0.15) is 0 Å². The minimum absolute atomic E-state index is 0.0191. The third kappa shape index (κ3) is 3.89. The Bertz CT molecular complexity index is 1270. The molecule has 1 fully saturated rings. The third-order valence-corrected chi connectivity index (χ3v) is 6.88. The summed E-state index contributed by atoms with van der Waals surface area (Å²) in [5.41, 5.74) is 3.87. The van der Waals surface area contributed by atoms with E-state index in [1.807, 2.05) is 85.8 Å². The second-order valence-electron chi connectivity index (χ2n) is 8.07. The molecule has 1 saturated heterocycles. The van der Waals surface area contributed by atoms with E-state index in [4.69, 9.17) is 4.98 Å². The van der Waals surface area contributed by atoms with Crippen molar-refractivity contribution < 1.29 is 9.59 Å². The summed E-state index contributed by atoms with van der Waals surface area (Å²) in [6, 6.07) is 25.5. The Balaban J connectivity index is 1.48. The lowest BCUT2D eigenvalue weighted by Crippen LogP contribution is -2.37. The number of rotatable bonds is 5. The fourth-order valence-electron chi connectivity index (χ4n) is 4.15. The standard InChI is InChI=1S/C26H23N3O2S/c1-18-9-8-14-22-24(18)27-26(32-22)29(16-19-10-4-2-5-11-19)25(31)20-15-23(30)28(17-20)21-12-6-3-7-13-21/h2-14,20H,15-17H2,1H3. The number of fused-ring (bicyclic) bond motifs is 1. The first-order chi connectivity index (χ1) is 15.6. The highest BCUT2D eigenvalue weighted by Gasteiger charge is 2.38. The lowest BCUT2D eigenvalue weighted by Gasteiger charge is -2.23. The fraction of sp³-hybridized carbons (Fsp3) is 0.192. The molecule has 1 aliphatic heterocycles. The molecule has 0 bridgehead atoms. The van der Waals surface area contributed by atoms with Gasteiger partial charge in [0, 0.05) is 18.7 Å². The van der Waals surface area contributed by atoms with Crippen molar-refractivity contribution in [3.63, 3.8) is 0 Å². The van der Waals surface area contributed by atoms with Gasteiger partial charge in [-0.3, -0.25) is 14.5 Å². The normalized spacial score (nSPS) is 16.0. The summed E-state index contributed by atoms with van der Waals surface area (Å²) in [6.07, 6.45) is 0.211. The van der Waals surface area contributed by atoms with Crippen molar-refractivity contribution in [2.24, 2.45) is 5.92 Å². The molecule has 0 saturated carbocycles. The number of aromatic nitrogens is 1. The van der Waals surface area contributed by atoms with E-state index in [1.165, 1.54) is 11.3 Å². The van der Waals surface area contributed by atoms with Gasteiger partial charge in [-0.25, -0.2) is 4.98 Å². The number of anilines is 2. The second kappa shape index (κ2) is 8.55.